The Bertz CT molecular complexity index is 591. The van der Waals surface area contributed by atoms with Crippen molar-refractivity contribution in [3.8, 4) is 5.75 Å². The molecule has 0 unspecified atom stereocenters. The fourth-order valence-electron chi connectivity index (χ4n) is 2.70. The molecule has 0 aliphatic carbocycles. The van der Waals surface area contributed by atoms with Crippen LogP contribution in [0.25, 0.3) is 0 Å². The summed E-state index contributed by atoms with van der Waals surface area (Å²) in [4.78, 5) is 24.9. The summed E-state index contributed by atoms with van der Waals surface area (Å²) in [7, 11) is 1.46. The topological polar surface area (TPSA) is 108 Å². The summed E-state index contributed by atoms with van der Waals surface area (Å²) in [6.07, 6.45) is 2.36. The van der Waals surface area contributed by atoms with E-state index < -0.39 is 4.92 Å². The number of carbonyl (C=O) groups is 1. The van der Waals surface area contributed by atoms with E-state index in [0.29, 0.717) is 44.8 Å². The lowest BCUT2D eigenvalue weighted by molar-refractivity contribution is -0.385. The van der Waals surface area contributed by atoms with Crippen molar-refractivity contribution in [1.29, 1.82) is 0 Å². The minimum absolute atomic E-state index is 0. The van der Waals surface area contributed by atoms with Gasteiger partial charge in [-0.3, -0.25) is 14.9 Å². The molecular weight excluding hydrogens is 350 g/mol. The average Bonchev–Trinajstić information content (AvgIpc) is 2.61. The first-order valence-corrected chi connectivity index (χ1v) is 8.00. The Hall–Kier alpha value is -1.90. The Morgan fingerprint density at radius 1 is 1.40 bits per heavy atom. The first-order valence-electron chi connectivity index (χ1n) is 8.00. The number of nitro benzene ring substituents is 1. The minimum atomic E-state index is -0.546. The van der Waals surface area contributed by atoms with E-state index in [-0.39, 0.29) is 35.7 Å². The number of nitro groups is 1. The molecule has 1 aliphatic rings. The van der Waals surface area contributed by atoms with Gasteiger partial charge in [0.25, 0.3) is 11.6 Å². The van der Waals surface area contributed by atoms with Gasteiger partial charge < -0.3 is 20.1 Å². The van der Waals surface area contributed by atoms with E-state index in [1.807, 2.05) is 0 Å². The van der Waals surface area contributed by atoms with Gasteiger partial charge in [0, 0.05) is 25.8 Å². The van der Waals surface area contributed by atoms with Gasteiger partial charge in [-0.1, -0.05) is 0 Å². The van der Waals surface area contributed by atoms with Crippen LogP contribution >= 0.6 is 12.4 Å². The summed E-state index contributed by atoms with van der Waals surface area (Å²) in [5.41, 5.74) is 5.29. The zero-order chi connectivity index (χ0) is 17.5. The second-order valence-electron chi connectivity index (χ2n) is 5.64. The second-order valence-corrected chi connectivity index (χ2v) is 5.64. The molecule has 0 saturated carbocycles. The number of rotatable bonds is 7. The van der Waals surface area contributed by atoms with E-state index in [2.05, 4.69) is 0 Å². The number of ether oxygens (including phenoxy) is 2. The molecule has 0 radical (unpaired) electrons. The highest BCUT2D eigenvalue weighted by Crippen LogP contribution is 2.26. The molecule has 1 heterocycles. The number of likely N-dealkylation sites (tertiary alicyclic amines) is 1. The molecule has 1 aliphatic heterocycles. The number of methoxy groups -OCH3 is 1. The number of nitrogens with zero attached hydrogens (tertiary/aromatic N) is 2. The number of carbonyl (C=O) groups excluding carboxylic acids is 1. The number of hydrogen-bond donors (Lipinski definition) is 1. The first-order chi connectivity index (χ1) is 11.6. The maximum absolute atomic E-state index is 12.7. The Labute approximate surface area is 152 Å². The summed E-state index contributed by atoms with van der Waals surface area (Å²) in [5, 5.41) is 11.2. The predicted molar refractivity (Wildman–Crippen MR) is 95.4 cm³/mol. The molecule has 8 nitrogen and oxygen atoms in total. The third-order valence-corrected chi connectivity index (χ3v) is 4.06. The number of halogens is 1. The van der Waals surface area contributed by atoms with Crippen LogP contribution in [0.1, 0.15) is 29.6 Å². The smallest absolute Gasteiger partial charge is 0.282 e. The normalized spacial score (nSPS) is 14.7. The number of nitrogens with two attached hydrogens (primary N) is 1. The summed E-state index contributed by atoms with van der Waals surface area (Å²) in [5.74, 6) is 0.0740. The van der Waals surface area contributed by atoms with Crippen molar-refractivity contribution in [3.63, 3.8) is 0 Å². The highest BCUT2D eigenvalue weighted by molar-refractivity contribution is 5.98. The van der Waals surface area contributed by atoms with Crippen molar-refractivity contribution in [2.75, 3.05) is 33.4 Å². The summed E-state index contributed by atoms with van der Waals surface area (Å²) < 4.78 is 10.8. The lowest BCUT2D eigenvalue weighted by Crippen LogP contribution is -2.41. The zero-order valence-electron chi connectivity index (χ0n) is 14.2. The SMILES string of the molecule is COc1ccc([N+](=O)[O-])c(C(=O)N2CCC(OCCCN)CC2)c1.Cl. The Morgan fingerprint density at radius 3 is 2.64 bits per heavy atom. The largest absolute Gasteiger partial charge is 0.497 e. The van der Waals surface area contributed by atoms with Crippen LogP contribution < -0.4 is 10.5 Å². The van der Waals surface area contributed by atoms with Crippen molar-refractivity contribution in [3.05, 3.63) is 33.9 Å². The zero-order valence-corrected chi connectivity index (χ0v) is 15.0. The van der Waals surface area contributed by atoms with E-state index in [0.717, 1.165) is 6.42 Å². The molecule has 9 heteroatoms. The maximum Gasteiger partial charge on any atom is 0.282 e. The van der Waals surface area contributed by atoms with Crippen molar-refractivity contribution in [2.24, 2.45) is 5.73 Å². The van der Waals surface area contributed by atoms with Gasteiger partial charge in [0.2, 0.25) is 0 Å². The molecule has 2 rings (SSSR count). The average molecular weight is 374 g/mol. The van der Waals surface area contributed by atoms with Crippen LogP contribution in [0.5, 0.6) is 5.75 Å². The molecule has 140 valence electrons. The summed E-state index contributed by atoms with van der Waals surface area (Å²) >= 11 is 0. The molecule has 1 fully saturated rings. The summed E-state index contributed by atoms with van der Waals surface area (Å²) in [6.45, 7) is 2.24. The second kappa shape index (κ2) is 10.2. The Kier molecular flexibility index (Phi) is 8.60. The molecule has 0 aromatic heterocycles. The quantitative estimate of drug-likeness (QED) is 0.445. The van der Waals surface area contributed by atoms with E-state index >= 15 is 0 Å². The Balaban J connectivity index is 0.00000312. The molecule has 0 spiro atoms. The van der Waals surface area contributed by atoms with Gasteiger partial charge in [0.05, 0.1) is 18.1 Å². The number of piperidine rings is 1. The van der Waals surface area contributed by atoms with Gasteiger partial charge in [0.15, 0.2) is 0 Å². The van der Waals surface area contributed by atoms with Crippen LogP contribution in [0, 0.1) is 10.1 Å². The molecular formula is C16H24ClN3O5. The van der Waals surface area contributed by atoms with Gasteiger partial charge in [-0.2, -0.15) is 0 Å². The molecule has 1 saturated heterocycles. The number of hydrogen-bond acceptors (Lipinski definition) is 6. The molecule has 25 heavy (non-hydrogen) atoms. The highest BCUT2D eigenvalue weighted by atomic mass is 35.5. The fourth-order valence-corrected chi connectivity index (χ4v) is 2.70. The first kappa shape index (κ1) is 21.1. The molecule has 2 N–H and O–H groups in total. The van der Waals surface area contributed by atoms with Crippen LogP contribution in [0.3, 0.4) is 0 Å². The highest BCUT2D eigenvalue weighted by Gasteiger charge is 2.29. The van der Waals surface area contributed by atoms with Crippen molar-refractivity contribution >= 4 is 24.0 Å². The van der Waals surface area contributed by atoms with E-state index in [1.165, 1.54) is 25.3 Å². The monoisotopic (exact) mass is 373 g/mol. The summed E-state index contributed by atoms with van der Waals surface area (Å²) in [6, 6.07) is 4.20. The van der Waals surface area contributed by atoms with Crippen LogP contribution in [0.2, 0.25) is 0 Å². The van der Waals surface area contributed by atoms with Gasteiger partial charge >= 0.3 is 0 Å². The third kappa shape index (κ3) is 5.55. The Morgan fingerprint density at radius 2 is 2.08 bits per heavy atom. The van der Waals surface area contributed by atoms with Crippen molar-refractivity contribution in [1.82, 2.24) is 4.90 Å². The number of benzene rings is 1. The van der Waals surface area contributed by atoms with Crippen LogP contribution in [-0.2, 0) is 4.74 Å². The molecule has 0 atom stereocenters. The van der Waals surface area contributed by atoms with E-state index in [1.54, 1.807) is 4.90 Å². The standard InChI is InChI=1S/C16H23N3O5.ClH/c1-23-13-3-4-15(19(21)22)14(11-13)16(20)18-8-5-12(6-9-18)24-10-2-7-17;/h3-4,11-12H,2,5-10,17H2,1H3;1H. The van der Waals surface area contributed by atoms with Gasteiger partial charge in [-0.05, 0) is 37.9 Å². The van der Waals surface area contributed by atoms with Crippen LogP contribution in [0.15, 0.2) is 18.2 Å². The number of amides is 1. The predicted octanol–water partition coefficient (Wildman–Crippen LogP) is 2.00. The third-order valence-electron chi connectivity index (χ3n) is 4.06. The van der Waals surface area contributed by atoms with Gasteiger partial charge in [0.1, 0.15) is 11.3 Å². The molecule has 1 aromatic rings. The molecule has 1 aromatic carbocycles. The van der Waals surface area contributed by atoms with E-state index in [9.17, 15) is 14.9 Å². The molecule has 0 bridgehead atoms. The van der Waals surface area contributed by atoms with Crippen LogP contribution in [0.4, 0.5) is 5.69 Å². The minimum Gasteiger partial charge on any atom is -0.497 e. The van der Waals surface area contributed by atoms with Gasteiger partial charge in [-0.25, -0.2) is 0 Å². The lowest BCUT2D eigenvalue weighted by Gasteiger charge is -2.32. The van der Waals surface area contributed by atoms with Crippen molar-refractivity contribution < 1.29 is 19.2 Å². The maximum atomic E-state index is 12.7. The van der Waals surface area contributed by atoms with Crippen LogP contribution in [-0.4, -0.2) is 55.2 Å². The van der Waals surface area contributed by atoms with Crippen molar-refractivity contribution in [2.45, 2.75) is 25.4 Å². The molecule has 1 amide bonds. The lowest BCUT2D eigenvalue weighted by atomic mass is 10.1. The fraction of sp³-hybridized carbons (Fsp3) is 0.562. The van der Waals surface area contributed by atoms with Gasteiger partial charge in [-0.15, -0.1) is 12.4 Å². The van der Waals surface area contributed by atoms with E-state index in [4.69, 9.17) is 15.2 Å².